The summed E-state index contributed by atoms with van der Waals surface area (Å²) in [5, 5.41) is 8.11. The summed E-state index contributed by atoms with van der Waals surface area (Å²) in [6, 6.07) is 1.48. The second-order valence-electron chi connectivity index (χ2n) is 2.05. The van der Waals surface area contributed by atoms with Gasteiger partial charge in [-0.1, -0.05) is 0 Å². The maximum absolute atomic E-state index is 12.4. The number of nitrogens with zero attached hydrogens (tertiary/aromatic N) is 4. The second-order valence-corrected chi connectivity index (χ2v) is 2.05. The van der Waals surface area contributed by atoms with Crippen molar-refractivity contribution >= 4 is 0 Å². The Morgan fingerprint density at radius 2 is 1.53 bits per heavy atom. The maximum Gasteiger partial charge on any atom is 0.198 e. The molecular formula is C7HF4N4-. The third-order valence-electron chi connectivity index (χ3n) is 1.22. The molecule has 0 heterocycles. The highest BCUT2D eigenvalue weighted by molar-refractivity contribution is 5.32. The first-order valence-electron chi connectivity index (χ1n) is 3.21. The Labute approximate surface area is 80.8 Å². The van der Waals surface area contributed by atoms with Crippen molar-refractivity contribution in [1.82, 2.24) is 0 Å². The van der Waals surface area contributed by atoms with Gasteiger partial charge >= 0.3 is 0 Å². The zero-order valence-electron chi connectivity index (χ0n) is 6.88. The number of hydrogen-bond donors (Lipinski definition) is 0. The maximum atomic E-state index is 12.4. The van der Waals surface area contributed by atoms with E-state index in [0.29, 0.717) is 6.07 Å². The van der Waals surface area contributed by atoms with Crippen LogP contribution in [0.2, 0.25) is 0 Å². The van der Waals surface area contributed by atoms with Crippen molar-refractivity contribution in [3.05, 3.63) is 50.9 Å². The van der Waals surface area contributed by atoms with Gasteiger partial charge in [-0.15, -0.1) is 0 Å². The molecule has 0 N–H and O–H groups in total. The number of hydrogen-bond acceptors (Lipinski definition) is 1. The third-order valence-corrected chi connectivity index (χ3v) is 1.22. The predicted octanol–water partition coefficient (Wildman–Crippen LogP) is 2.98. The summed E-state index contributed by atoms with van der Waals surface area (Å²) in [7, 11) is 0. The molecule has 0 saturated heterocycles. The Morgan fingerprint density at radius 3 is 1.93 bits per heavy atom. The fourth-order valence-corrected chi connectivity index (χ4v) is 0.654. The van der Waals surface area contributed by atoms with Crippen LogP contribution in [-0.2, 0) is 0 Å². The summed E-state index contributed by atoms with van der Waals surface area (Å²) < 4.78 is 49.2. The molecule has 1 aromatic rings. The quantitative estimate of drug-likeness (QED) is 0.164. The van der Waals surface area contributed by atoms with E-state index in [-0.39, 0.29) is 0 Å². The summed E-state index contributed by atoms with van der Waals surface area (Å²) in [5.41, 5.74) is 12.6. The van der Waals surface area contributed by atoms with Crippen LogP contribution in [0.5, 0.6) is 0 Å². The minimum Gasteiger partial charge on any atom is -0.373 e. The minimum atomic E-state index is -1.97. The van der Waals surface area contributed by atoms with Crippen LogP contribution in [0.4, 0.5) is 17.6 Å². The van der Waals surface area contributed by atoms with Gasteiger partial charge in [0.1, 0.15) is 6.07 Å². The van der Waals surface area contributed by atoms with Crippen molar-refractivity contribution in [2.45, 2.75) is 0 Å². The molecule has 0 amide bonds. The van der Waals surface area contributed by atoms with Gasteiger partial charge in [-0.05, 0) is 6.07 Å². The first-order chi connectivity index (χ1) is 6.99. The lowest BCUT2D eigenvalue weighted by Crippen LogP contribution is -1.98. The van der Waals surface area contributed by atoms with E-state index in [1.165, 1.54) is 11.0 Å². The fraction of sp³-hybridized carbons (Fsp3) is 0. The topological polar surface area (TPSA) is 82.5 Å². The van der Waals surface area contributed by atoms with E-state index >= 15 is 0 Å². The zero-order valence-corrected chi connectivity index (χ0v) is 6.88. The highest BCUT2D eigenvalue weighted by Gasteiger charge is 2.18. The van der Waals surface area contributed by atoms with Gasteiger partial charge in [0.15, 0.2) is 23.3 Å². The highest BCUT2D eigenvalue weighted by atomic mass is 19.2. The van der Waals surface area contributed by atoms with Crippen molar-refractivity contribution < 1.29 is 17.6 Å². The van der Waals surface area contributed by atoms with Gasteiger partial charge in [0.25, 0.3) is 0 Å². The van der Waals surface area contributed by atoms with E-state index in [1.54, 1.807) is 0 Å². The van der Waals surface area contributed by atoms with E-state index in [9.17, 15) is 17.6 Å². The van der Waals surface area contributed by atoms with Gasteiger partial charge in [-0.3, -0.25) is 4.91 Å². The molecule has 4 nitrogen and oxygen atoms in total. The Balaban J connectivity index is 0.000000583. The molecule has 0 aromatic heterocycles. The van der Waals surface area contributed by atoms with Gasteiger partial charge in [-0.25, -0.2) is 17.6 Å². The molecule has 1 aromatic carbocycles. The standard InChI is InChI=1S/C7HF4N.N3/c8-4-1-3(2-12)5(9)7(11)6(4)10;1-3-2/h1H;/q;-1. The van der Waals surface area contributed by atoms with Gasteiger partial charge in [0.2, 0.25) is 0 Å². The fourth-order valence-electron chi connectivity index (χ4n) is 0.654. The zero-order chi connectivity index (χ0) is 12.0. The lowest BCUT2D eigenvalue weighted by atomic mass is 10.2. The first-order valence-corrected chi connectivity index (χ1v) is 3.21. The number of benzene rings is 1. The lowest BCUT2D eigenvalue weighted by Gasteiger charge is -1.97. The predicted molar refractivity (Wildman–Crippen MR) is 41.1 cm³/mol. The monoisotopic (exact) mass is 217 g/mol. The van der Waals surface area contributed by atoms with Crippen LogP contribution < -0.4 is 0 Å². The summed E-state index contributed by atoms with van der Waals surface area (Å²) in [5.74, 6) is -7.13. The minimum absolute atomic E-state index is 0.299. The second kappa shape index (κ2) is 5.47. The number of nitriles is 1. The highest BCUT2D eigenvalue weighted by Crippen LogP contribution is 2.17. The molecule has 0 spiro atoms. The number of halogens is 4. The van der Waals surface area contributed by atoms with E-state index in [0.717, 1.165) is 0 Å². The normalized spacial score (nSPS) is 8.20. The average Bonchev–Trinajstić information content (AvgIpc) is 2.21. The van der Waals surface area contributed by atoms with Crippen LogP contribution in [0.3, 0.4) is 0 Å². The molecule has 78 valence electrons. The Morgan fingerprint density at radius 1 is 1.07 bits per heavy atom. The smallest absolute Gasteiger partial charge is 0.198 e. The molecule has 1 rings (SSSR count). The molecule has 0 atom stereocenters. The molecule has 0 aliphatic carbocycles. The van der Waals surface area contributed by atoms with E-state index in [2.05, 4.69) is 0 Å². The Kier molecular flexibility index (Phi) is 4.64. The first kappa shape index (κ1) is 12.7. The van der Waals surface area contributed by atoms with E-state index in [1.807, 2.05) is 0 Å². The molecule has 15 heavy (non-hydrogen) atoms. The van der Waals surface area contributed by atoms with Crippen LogP contribution in [0.15, 0.2) is 6.07 Å². The van der Waals surface area contributed by atoms with Crippen LogP contribution >= 0.6 is 0 Å². The average molecular weight is 217 g/mol. The van der Waals surface area contributed by atoms with Gasteiger partial charge in [0, 0.05) is 0 Å². The molecule has 0 radical (unpaired) electrons. The van der Waals surface area contributed by atoms with Crippen LogP contribution in [0, 0.1) is 34.6 Å². The van der Waals surface area contributed by atoms with Crippen LogP contribution in [0.25, 0.3) is 16.0 Å². The molecule has 0 bridgehead atoms. The van der Waals surface area contributed by atoms with Crippen LogP contribution in [0.1, 0.15) is 5.56 Å². The molecule has 0 fully saturated rings. The van der Waals surface area contributed by atoms with E-state index in [4.69, 9.17) is 16.3 Å². The van der Waals surface area contributed by atoms with Crippen molar-refractivity contribution in [3.8, 4) is 6.07 Å². The Bertz CT molecular complexity index is 445. The van der Waals surface area contributed by atoms with Crippen molar-refractivity contribution in [3.63, 3.8) is 0 Å². The molecule has 0 aliphatic rings. The Hall–Kier alpha value is -2.26. The van der Waals surface area contributed by atoms with Crippen LogP contribution in [-0.4, -0.2) is 0 Å². The SMILES string of the molecule is N#Cc1cc(F)c(F)c(F)c1F.[N-]=[N+]=[N-]. The van der Waals surface area contributed by atoms with E-state index < -0.39 is 28.8 Å². The van der Waals surface area contributed by atoms with Gasteiger partial charge < -0.3 is 11.1 Å². The van der Waals surface area contributed by atoms with Crippen molar-refractivity contribution in [1.29, 1.82) is 5.26 Å². The largest absolute Gasteiger partial charge is 0.373 e. The summed E-state index contributed by atoms with van der Waals surface area (Å²) in [6.45, 7) is 0. The van der Waals surface area contributed by atoms with Gasteiger partial charge in [0.05, 0.1) is 5.56 Å². The molecular weight excluding hydrogens is 216 g/mol. The molecule has 8 heteroatoms. The number of rotatable bonds is 0. The summed E-state index contributed by atoms with van der Waals surface area (Å²) in [6.07, 6.45) is 0. The molecule has 0 unspecified atom stereocenters. The molecule has 0 aliphatic heterocycles. The summed E-state index contributed by atoms with van der Waals surface area (Å²) >= 11 is 0. The molecule has 0 saturated carbocycles. The third kappa shape index (κ3) is 2.86. The lowest BCUT2D eigenvalue weighted by molar-refractivity contribution is 0.408. The van der Waals surface area contributed by atoms with Crippen molar-refractivity contribution in [2.24, 2.45) is 0 Å². The van der Waals surface area contributed by atoms with Crippen molar-refractivity contribution in [2.75, 3.05) is 0 Å². The summed E-state index contributed by atoms with van der Waals surface area (Å²) in [4.78, 5) is 1.50. The van der Waals surface area contributed by atoms with Gasteiger partial charge in [-0.2, -0.15) is 5.26 Å².